The van der Waals surface area contributed by atoms with E-state index in [2.05, 4.69) is 39.8 Å². The van der Waals surface area contributed by atoms with Gasteiger partial charge in [-0.1, -0.05) is 19.1 Å². The van der Waals surface area contributed by atoms with Crippen molar-refractivity contribution in [2.24, 2.45) is 5.84 Å². The highest BCUT2D eigenvalue weighted by atomic mass is 16.5. The topological polar surface area (TPSA) is 85.1 Å². The molecular formula is C13H17N5O. The number of aryl methyl sites for hydroxylation is 1. The maximum atomic E-state index is 5.39. The van der Waals surface area contributed by atoms with E-state index in [9.17, 15) is 0 Å². The average Bonchev–Trinajstić information content (AvgIpc) is 2.47. The number of hydrogen-bond donors (Lipinski definition) is 3. The number of nitrogens with zero attached hydrogens (tertiary/aromatic N) is 2. The van der Waals surface area contributed by atoms with E-state index in [0.29, 0.717) is 17.4 Å². The van der Waals surface area contributed by atoms with Gasteiger partial charge in [0.05, 0.1) is 7.11 Å². The molecule has 0 radical (unpaired) electrons. The highest BCUT2D eigenvalue weighted by Crippen LogP contribution is 2.30. The number of benzene rings is 1. The summed E-state index contributed by atoms with van der Waals surface area (Å²) in [6.07, 6.45) is 2.40. The molecule has 0 aliphatic heterocycles. The summed E-state index contributed by atoms with van der Waals surface area (Å²) in [5.74, 6) is 6.87. The van der Waals surface area contributed by atoms with Crippen LogP contribution in [-0.2, 0) is 6.42 Å². The quantitative estimate of drug-likeness (QED) is 0.563. The monoisotopic (exact) mass is 259 g/mol. The normalized spacial score (nSPS) is 10.1. The fourth-order valence-corrected chi connectivity index (χ4v) is 1.76. The van der Waals surface area contributed by atoms with Crippen molar-refractivity contribution in [3.05, 3.63) is 36.2 Å². The molecule has 0 unspecified atom stereocenters. The average molecular weight is 259 g/mol. The summed E-state index contributed by atoms with van der Waals surface area (Å²) >= 11 is 0. The zero-order valence-corrected chi connectivity index (χ0v) is 11.0. The smallest absolute Gasteiger partial charge is 0.205 e. The molecule has 1 heterocycles. The van der Waals surface area contributed by atoms with Gasteiger partial charge in [-0.05, 0) is 24.1 Å². The van der Waals surface area contributed by atoms with Crippen molar-refractivity contribution < 1.29 is 4.74 Å². The van der Waals surface area contributed by atoms with E-state index in [0.717, 1.165) is 12.1 Å². The molecular weight excluding hydrogens is 242 g/mol. The third-order valence-electron chi connectivity index (χ3n) is 2.74. The predicted molar refractivity (Wildman–Crippen MR) is 75.5 cm³/mol. The minimum atomic E-state index is 0.437. The standard InChI is InChI=1S/C13H17N5O/c1-3-9-5-4-6-10(7-9)17-12-11(19-2)13(18-14)16-8-15-12/h4-8H,3,14H2,1-2H3,(H2,15,16,17,18). The molecule has 0 aliphatic carbocycles. The predicted octanol–water partition coefficient (Wildman–Crippen LogP) is 2.08. The first kappa shape index (κ1) is 13.1. The number of anilines is 3. The Balaban J connectivity index is 2.32. The first-order valence-electron chi connectivity index (χ1n) is 6.00. The number of hydrogen-bond acceptors (Lipinski definition) is 6. The Kier molecular flexibility index (Phi) is 4.15. The van der Waals surface area contributed by atoms with Crippen molar-refractivity contribution in [3.63, 3.8) is 0 Å². The lowest BCUT2D eigenvalue weighted by molar-refractivity contribution is 0.415. The number of nitrogen functional groups attached to an aromatic ring is 1. The molecule has 6 heteroatoms. The molecule has 1 aromatic carbocycles. The zero-order chi connectivity index (χ0) is 13.7. The summed E-state index contributed by atoms with van der Waals surface area (Å²) in [6, 6.07) is 8.11. The Morgan fingerprint density at radius 1 is 1.26 bits per heavy atom. The van der Waals surface area contributed by atoms with Crippen molar-refractivity contribution >= 4 is 17.3 Å². The van der Waals surface area contributed by atoms with Crippen LogP contribution in [0.25, 0.3) is 0 Å². The second kappa shape index (κ2) is 6.01. The van der Waals surface area contributed by atoms with Gasteiger partial charge in [-0.15, -0.1) is 0 Å². The third kappa shape index (κ3) is 2.92. The van der Waals surface area contributed by atoms with E-state index in [1.54, 1.807) is 7.11 Å². The van der Waals surface area contributed by atoms with Crippen LogP contribution in [0.2, 0.25) is 0 Å². The molecule has 0 bridgehead atoms. The maximum Gasteiger partial charge on any atom is 0.205 e. The van der Waals surface area contributed by atoms with Crippen molar-refractivity contribution in [2.75, 3.05) is 17.9 Å². The Bertz CT molecular complexity index is 558. The molecule has 1 aromatic heterocycles. The van der Waals surface area contributed by atoms with E-state index < -0.39 is 0 Å². The second-order valence-corrected chi connectivity index (χ2v) is 3.93. The second-order valence-electron chi connectivity index (χ2n) is 3.93. The van der Waals surface area contributed by atoms with Crippen LogP contribution in [0.5, 0.6) is 5.75 Å². The summed E-state index contributed by atoms with van der Waals surface area (Å²) in [6.45, 7) is 2.11. The third-order valence-corrected chi connectivity index (χ3v) is 2.74. The molecule has 0 amide bonds. The van der Waals surface area contributed by atoms with Gasteiger partial charge < -0.3 is 15.5 Å². The Morgan fingerprint density at radius 3 is 2.74 bits per heavy atom. The van der Waals surface area contributed by atoms with Gasteiger partial charge in [-0.3, -0.25) is 0 Å². The molecule has 0 spiro atoms. The Morgan fingerprint density at radius 2 is 2.05 bits per heavy atom. The summed E-state index contributed by atoms with van der Waals surface area (Å²) in [4.78, 5) is 8.16. The fourth-order valence-electron chi connectivity index (χ4n) is 1.76. The lowest BCUT2D eigenvalue weighted by Crippen LogP contribution is -2.11. The van der Waals surface area contributed by atoms with Gasteiger partial charge in [-0.25, -0.2) is 15.8 Å². The lowest BCUT2D eigenvalue weighted by Gasteiger charge is -2.13. The van der Waals surface area contributed by atoms with Crippen LogP contribution in [0.3, 0.4) is 0 Å². The molecule has 19 heavy (non-hydrogen) atoms. The SMILES string of the molecule is CCc1cccc(Nc2ncnc(NN)c2OC)c1. The molecule has 0 fully saturated rings. The maximum absolute atomic E-state index is 5.39. The van der Waals surface area contributed by atoms with Gasteiger partial charge in [0.2, 0.25) is 5.75 Å². The van der Waals surface area contributed by atoms with Gasteiger partial charge >= 0.3 is 0 Å². The number of ether oxygens (including phenoxy) is 1. The summed E-state index contributed by atoms with van der Waals surface area (Å²) in [7, 11) is 1.55. The van der Waals surface area contributed by atoms with Gasteiger partial charge in [0, 0.05) is 5.69 Å². The number of nitrogens with two attached hydrogens (primary N) is 1. The van der Waals surface area contributed by atoms with Crippen LogP contribution in [0, 0.1) is 0 Å². The molecule has 2 aromatic rings. The molecule has 0 saturated carbocycles. The molecule has 6 nitrogen and oxygen atoms in total. The minimum Gasteiger partial charge on any atom is -0.490 e. The highest BCUT2D eigenvalue weighted by Gasteiger charge is 2.11. The Labute approximate surface area is 112 Å². The number of aromatic nitrogens is 2. The molecule has 2 rings (SSSR count). The van der Waals surface area contributed by atoms with Crippen LogP contribution in [-0.4, -0.2) is 17.1 Å². The van der Waals surface area contributed by atoms with Gasteiger partial charge in [0.1, 0.15) is 6.33 Å². The fraction of sp³-hybridized carbons (Fsp3) is 0.231. The summed E-state index contributed by atoms with van der Waals surface area (Å²) in [5.41, 5.74) is 4.67. The molecule has 0 atom stereocenters. The van der Waals surface area contributed by atoms with E-state index in [4.69, 9.17) is 10.6 Å². The minimum absolute atomic E-state index is 0.437. The number of nitrogens with one attached hydrogen (secondary N) is 2. The van der Waals surface area contributed by atoms with Crippen molar-refractivity contribution in [1.82, 2.24) is 9.97 Å². The van der Waals surface area contributed by atoms with Gasteiger partial charge in [0.15, 0.2) is 11.6 Å². The number of methoxy groups -OCH3 is 1. The lowest BCUT2D eigenvalue weighted by atomic mass is 10.1. The molecule has 100 valence electrons. The highest BCUT2D eigenvalue weighted by molar-refractivity contribution is 5.69. The van der Waals surface area contributed by atoms with Crippen molar-refractivity contribution in [1.29, 1.82) is 0 Å². The van der Waals surface area contributed by atoms with E-state index >= 15 is 0 Å². The number of rotatable bonds is 5. The summed E-state index contributed by atoms with van der Waals surface area (Å²) < 4.78 is 5.27. The largest absolute Gasteiger partial charge is 0.490 e. The molecule has 4 N–H and O–H groups in total. The van der Waals surface area contributed by atoms with Crippen molar-refractivity contribution in [3.8, 4) is 5.75 Å². The van der Waals surface area contributed by atoms with Gasteiger partial charge in [-0.2, -0.15) is 0 Å². The first-order valence-corrected chi connectivity index (χ1v) is 6.00. The van der Waals surface area contributed by atoms with E-state index in [1.165, 1.54) is 11.9 Å². The number of hydrazine groups is 1. The summed E-state index contributed by atoms with van der Waals surface area (Å²) in [5, 5.41) is 3.20. The van der Waals surface area contributed by atoms with Crippen LogP contribution in [0.15, 0.2) is 30.6 Å². The van der Waals surface area contributed by atoms with Crippen LogP contribution < -0.4 is 21.3 Å². The van der Waals surface area contributed by atoms with Crippen LogP contribution in [0.1, 0.15) is 12.5 Å². The first-order chi connectivity index (χ1) is 9.28. The van der Waals surface area contributed by atoms with E-state index in [1.807, 2.05) is 12.1 Å². The zero-order valence-electron chi connectivity index (χ0n) is 11.0. The Hall–Kier alpha value is -2.34. The molecule has 0 saturated heterocycles. The molecule has 0 aliphatic rings. The van der Waals surface area contributed by atoms with Crippen LogP contribution in [0.4, 0.5) is 17.3 Å². The van der Waals surface area contributed by atoms with Crippen molar-refractivity contribution in [2.45, 2.75) is 13.3 Å². The van der Waals surface area contributed by atoms with Crippen LogP contribution >= 0.6 is 0 Å². The van der Waals surface area contributed by atoms with E-state index in [-0.39, 0.29) is 0 Å². The van der Waals surface area contributed by atoms with Gasteiger partial charge in [0.25, 0.3) is 0 Å².